The molecule has 0 aliphatic carbocycles. The number of aliphatic hydroxyl groups is 1. The first-order valence-corrected chi connectivity index (χ1v) is 6.79. The first kappa shape index (κ1) is 15.3. The molecule has 0 radical (unpaired) electrons. The largest absolute Gasteiger partial charge is 0.497 e. The van der Waals surface area contributed by atoms with Gasteiger partial charge < -0.3 is 14.9 Å². The van der Waals surface area contributed by atoms with Crippen LogP contribution in [0.2, 0.25) is 0 Å². The van der Waals surface area contributed by atoms with Gasteiger partial charge in [-0.25, -0.2) is 4.39 Å². The van der Waals surface area contributed by atoms with Crippen LogP contribution in [0.1, 0.15) is 5.82 Å². The summed E-state index contributed by atoms with van der Waals surface area (Å²) in [4.78, 5) is 10.6. The number of hydrogen-bond donors (Lipinski definition) is 2. The molecule has 0 fully saturated rings. The van der Waals surface area contributed by atoms with Crippen LogP contribution in [0.3, 0.4) is 0 Å². The molecule has 2 rings (SSSR count). The van der Waals surface area contributed by atoms with E-state index in [9.17, 15) is 14.3 Å². The Hall–Kier alpha value is -2.13. The van der Waals surface area contributed by atoms with Gasteiger partial charge in [0.25, 0.3) is 0 Å². The molecule has 2 N–H and O–H groups in total. The minimum Gasteiger partial charge on any atom is -0.497 e. The number of benzene rings is 1. The van der Waals surface area contributed by atoms with Gasteiger partial charge >= 0.3 is 5.97 Å². The standard InChI is InChI=1S/C12H12FN3O4S/c1-20-7-2-3-8(13)9(4-7)16-10(5-17)14-15-12(16)21-6-11(18)19/h2-4,17H,5-6H2,1H3,(H,18,19). The van der Waals surface area contributed by atoms with Crippen molar-refractivity contribution in [3.8, 4) is 11.4 Å². The number of nitrogens with zero attached hydrogens (tertiary/aromatic N) is 3. The van der Waals surface area contributed by atoms with E-state index in [1.165, 1.54) is 29.9 Å². The summed E-state index contributed by atoms with van der Waals surface area (Å²) in [6.45, 7) is -0.461. The monoisotopic (exact) mass is 313 g/mol. The highest BCUT2D eigenvalue weighted by Gasteiger charge is 2.18. The Morgan fingerprint density at radius 3 is 2.86 bits per heavy atom. The lowest BCUT2D eigenvalue weighted by atomic mass is 10.3. The van der Waals surface area contributed by atoms with Gasteiger partial charge in [-0.05, 0) is 12.1 Å². The number of thioether (sulfide) groups is 1. The van der Waals surface area contributed by atoms with Crippen LogP contribution in [0.4, 0.5) is 4.39 Å². The van der Waals surface area contributed by atoms with E-state index in [2.05, 4.69) is 10.2 Å². The van der Waals surface area contributed by atoms with Crippen LogP contribution in [-0.4, -0.2) is 43.8 Å². The lowest BCUT2D eigenvalue weighted by Gasteiger charge is -2.11. The summed E-state index contributed by atoms with van der Waals surface area (Å²) in [7, 11) is 1.44. The van der Waals surface area contributed by atoms with Crippen molar-refractivity contribution in [3.63, 3.8) is 0 Å². The van der Waals surface area contributed by atoms with Crippen molar-refractivity contribution >= 4 is 17.7 Å². The second kappa shape index (κ2) is 6.55. The number of rotatable bonds is 6. The molecule has 0 unspecified atom stereocenters. The number of hydrogen-bond acceptors (Lipinski definition) is 6. The molecule has 7 nitrogen and oxygen atoms in total. The number of ether oxygens (including phenoxy) is 1. The van der Waals surface area contributed by atoms with Gasteiger partial charge in [0.15, 0.2) is 11.0 Å². The Morgan fingerprint density at radius 2 is 2.24 bits per heavy atom. The molecule has 0 spiro atoms. The van der Waals surface area contributed by atoms with Crippen molar-refractivity contribution < 1.29 is 24.1 Å². The number of carboxylic acid groups (broad SMARTS) is 1. The smallest absolute Gasteiger partial charge is 0.313 e. The fourth-order valence-electron chi connectivity index (χ4n) is 1.66. The lowest BCUT2D eigenvalue weighted by molar-refractivity contribution is -0.133. The number of carbonyl (C=O) groups is 1. The first-order chi connectivity index (χ1) is 10.1. The summed E-state index contributed by atoms with van der Waals surface area (Å²) in [5.74, 6) is -1.34. The topological polar surface area (TPSA) is 97.5 Å². The van der Waals surface area contributed by atoms with Gasteiger partial charge in [0.2, 0.25) is 0 Å². The molecule has 1 heterocycles. The van der Waals surface area contributed by atoms with E-state index < -0.39 is 18.4 Å². The summed E-state index contributed by atoms with van der Waals surface area (Å²) in [5.41, 5.74) is 0.0799. The molecular weight excluding hydrogens is 301 g/mol. The van der Waals surface area contributed by atoms with E-state index in [1.54, 1.807) is 0 Å². The molecule has 0 saturated heterocycles. The maximum absolute atomic E-state index is 14.0. The maximum atomic E-state index is 14.0. The Balaban J connectivity index is 2.50. The number of aliphatic carboxylic acids is 1. The van der Waals surface area contributed by atoms with Gasteiger partial charge in [-0.15, -0.1) is 10.2 Å². The third kappa shape index (κ3) is 3.31. The molecule has 1 aromatic heterocycles. The highest BCUT2D eigenvalue weighted by atomic mass is 32.2. The van der Waals surface area contributed by atoms with Gasteiger partial charge in [-0.1, -0.05) is 11.8 Å². The molecule has 0 bridgehead atoms. The van der Waals surface area contributed by atoms with Crippen molar-refractivity contribution in [2.45, 2.75) is 11.8 Å². The third-order valence-corrected chi connectivity index (χ3v) is 3.47. The summed E-state index contributed by atoms with van der Waals surface area (Å²) in [6.07, 6.45) is 0. The van der Waals surface area contributed by atoms with E-state index in [-0.39, 0.29) is 22.4 Å². The van der Waals surface area contributed by atoms with E-state index in [1.807, 2.05) is 0 Å². The predicted octanol–water partition coefficient (Wildman–Crippen LogP) is 1.08. The van der Waals surface area contributed by atoms with Gasteiger partial charge in [-0.2, -0.15) is 0 Å². The van der Waals surface area contributed by atoms with Crippen molar-refractivity contribution in [2.24, 2.45) is 0 Å². The number of halogens is 1. The molecule has 0 amide bonds. The quantitative estimate of drug-likeness (QED) is 0.770. The minimum atomic E-state index is -1.04. The Labute approximate surface area is 123 Å². The van der Waals surface area contributed by atoms with Gasteiger partial charge in [-0.3, -0.25) is 9.36 Å². The first-order valence-electron chi connectivity index (χ1n) is 5.80. The average Bonchev–Trinajstić information content (AvgIpc) is 2.88. The van der Waals surface area contributed by atoms with Crippen molar-refractivity contribution in [3.05, 3.63) is 29.8 Å². The number of aliphatic hydroxyl groups excluding tert-OH is 1. The van der Waals surface area contributed by atoms with Gasteiger partial charge in [0.1, 0.15) is 18.2 Å². The van der Waals surface area contributed by atoms with Crippen LogP contribution in [0.5, 0.6) is 5.75 Å². The zero-order valence-corrected chi connectivity index (χ0v) is 11.8. The summed E-state index contributed by atoms with van der Waals surface area (Å²) in [5, 5.41) is 25.7. The molecule has 112 valence electrons. The Morgan fingerprint density at radius 1 is 1.48 bits per heavy atom. The molecule has 0 saturated carbocycles. The van der Waals surface area contributed by atoms with E-state index in [0.717, 1.165) is 11.8 Å². The van der Waals surface area contributed by atoms with E-state index >= 15 is 0 Å². The molecule has 0 atom stereocenters. The second-order valence-corrected chi connectivity index (χ2v) is 4.83. The SMILES string of the molecule is COc1ccc(F)c(-n2c(CO)nnc2SCC(=O)O)c1. The molecular formula is C12H12FN3O4S. The summed E-state index contributed by atoms with van der Waals surface area (Å²) in [6, 6.07) is 4.08. The Kier molecular flexibility index (Phi) is 4.76. The van der Waals surface area contributed by atoms with Gasteiger partial charge in [0.05, 0.1) is 18.6 Å². The second-order valence-electron chi connectivity index (χ2n) is 3.89. The normalized spacial score (nSPS) is 10.6. The Bertz CT molecular complexity index is 662. The van der Waals surface area contributed by atoms with E-state index in [0.29, 0.717) is 5.75 Å². The van der Waals surface area contributed by atoms with Crippen LogP contribution >= 0.6 is 11.8 Å². The highest BCUT2D eigenvalue weighted by molar-refractivity contribution is 7.99. The zero-order chi connectivity index (χ0) is 15.4. The number of carboxylic acids is 1. The molecule has 0 aliphatic rings. The summed E-state index contributed by atoms with van der Waals surface area (Å²) >= 11 is 0.880. The van der Waals surface area contributed by atoms with Crippen molar-refractivity contribution in [1.29, 1.82) is 0 Å². The van der Waals surface area contributed by atoms with Gasteiger partial charge in [0, 0.05) is 6.07 Å². The van der Waals surface area contributed by atoms with Crippen molar-refractivity contribution in [2.75, 3.05) is 12.9 Å². The molecule has 21 heavy (non-hydrogen) atoms. The number of methoxy groups -OCH3 is 1. The zero-order valence-electron chi connectivity index (χ0n) is 11.0. The molecule has 2 aromatic rings. The summed E-state index contributed by atoms with van der Waals surface area (Å²) < 4.78 is 20.3. The third-order valence-electron chi connectivity index (χ3n) is 2.56. The number of aromatic nitrogens is 3. The fraction of sp³-hybridized carbons (Fsp3) is 0.250. The van der Waals surface area contributed by atoms with Crippen molar-refractivity contribution in [1.82, 2.24) is 14.8 Å². The fourth-order valence-corrected chi connectivity index (χ4v) is 2.34. The van der Waals surface area contributed by atoms with E-state index in [4.69, 9.17) is 9.84 Å². The van der Waals surface area contributed by atoms with Crippen LogP contribution in [0.15, 0.2) is 23.4 Å². The van der Waals surface area contributed by atoms with Crippen LogP contribution < -0.4 is 4.74 Å². The molecule has 0 aliphatic heterocycles. The average molecular weight is 313 g/mol. The van der Waals surface area contributed by atoms with Crippen LogP contribution in [0.25, 0.3) is 5.69 Å². The molecule has 9 heteroatoms. The molecule has 1 aromatic carbocycles. The maximum Gasteiger partial charge on any atom is 0.313 e. The van der Waals surface area contributed by atoms with Crippen LogP contribution in [0, 0.1) is 5.82 Å². The predicted molar refractivity (Wildman–Crippen MR) is 72.2 cm³/mol. The van der Waals surface area contributed by atoms with Crippen LogP contribution in [-0.2, 0) is 11.4 Å². The highest BCUT2D eigenvalue weighted by Crippen LogP contribution is 2.26. The lowest BCUT2D eigenvalue weighted by Crippen LogP contribution is -2.07. The minimum absolute atomic E-state index is 0.0799.